The molecule has 2 heterocycles. The first kappa shape index (κ1) is 12.0. The molecule has 0 saturated heterocycles. The van der Waals surface area contributed by atoms with E-state index in [0.29, 0.717) is 5.82 Å². The van der Waals surface area contributed by atoms with E-state index in [-0.39, 0.29) is 5.75 Å². The minimum atomic E-state index is 0.255. The fourth-order valence-corrected chi connectivity index (χ4v) is 3.09. The number of benzene rings is 2. The van der Waals surface area contributed by atoms with Crippen LogP contribution in [0.1, 0.15) is 0 Å². The van der Waals surface area contributed by atoms with Crippen molar-refractivity contribution in [3.05, 3.63) is 42.5 Å². The quantitative estimate of drug-likeness (QED) is 0.593. The molecule has 0 atom stereocenters. The van der Waals surface area contributed by atoms with Crippen molar-refractivity contribution in [3.63, 3.8) is 0 Å². The Morgan fingerprint density at radius 3 is 2.57 bits per heavy atom. The van der Waals surface area contributed by atoms with Gasteiger partial charge >= 0.3 is 0 Å². The maximum Gasteiger partial charge on any atom is 0.204 e. The number of aromatic nitrogens is 5. The number of aromatic hydroxyl groups is 1. The summed E-state index contributed by atoms with van der Waals surface area (Å²) in [4.78, 5) is 4.57. The number of nitrogens with zero attached hydrogens (tertiary/aromatic N) is 4. The van der Waals surface area contributed by atoms with Gasteiger partial charge in [0.05, 0.1) is 10.2 Å². The Hall–Kier alpha value is -2.80. The van der Waals surface area contributed by atoms with Crippen molar-refractivity contribution in [1.29, 1.82) is 0 Å². The number of hydrogen-bond donors (Lipinski definition) is 2. The van der Waals surface area contributed by atoms with Crippen molar-refractivity contribution in [3.8, 4) is 27.7 Å². The molecule has 2 aromatic heterocycles. The third-order valence-corrected chi connectivity index (χ3v) is 4.17. The highest BCUT2D eigenvalue weighted by molar-refractivity contribution is 7.21. The van der Waals surface area contributed by atoms with E-state index in [2.05, 4.69) is 25.6 Å². The fraction of sp³-hybridized carbons (Fsp3) is 0. The van der Waals surface area contributed by atoms with Gasteiger partial charge in [-0.2, -0.15) is 5.21 Å². The Labute approximate surface area is 123 Å². The smallest absolute Gasteiger partial charge is 0.204 e. The normalized spacial score (nSPS) is 11.0. The lowest BCUT2D eigenvalue weighted by atomic mass is 10.1. The Kier molecular flexibility index (Phi) is 2.65. The molecule has 0 fully saturated rings. The molecule has 2 aromatic carbocycles. The number of thiazole rings is 1. The first-order valence-electron chi connectivity index (χ1n) is 6.23. The second kappa shape index (κ2) is 4.64. The van der Waals surface area contributed by atoms with Gasteiger partial charge in [0.2, 0.25) is 5.82 Å². The highest BCUT2D eigenvalue weighted by Crippen LogP contribution is 2.32. The number of nitrogens with one attached hydrogen (secondary N) is 1. The number of tetrazole rings is 1. The number of H-pyrrole nitrogens is 1. The monoisotopic (exact) mass is 295 g/mol. The maximum absolute atomic E-state index is 9.51. The van der Waals surface area contributed by atoms with Gasteiger partial charge < -0.3 is 5.11 Å². The van der Waals surface area contributed by atoms with Crippen molar-refractivity contribution < 1.29 is 5.11 Å². The minimum absolute atomic E-state index is 0.255. The zero-order chi connectivity index (χ0) is 14.2. The summed E-state index contributed by atoms with van der Waals surface area (Å²) in [7, 11) is 0. The molecule has 6 nitrogen and oxygen atoms in total. The number of phenols is 1. The van der Waals surface area contributed by atoms with Crippen LogP contribution >= 0.6 is 11.3 Å². The second-order valence-electron chi connectivity index (χ2n) is 4.48. The van der Waals surface area contributed by atoms with Gasteiger partial charge in [-0.05, 0) is 23.4 Å². The topological polar surface area (TPSA) is 87.6 Å². The van der Waals surface area contributed by atoms with E-state index in [4.69, 9.17) is 0 Å². The van der Waals surface area contributed by atoms with Crippen molar-refractivity contribution in [1.82, 2.24) is 25.6 Å². The van der Waals surface area contributed by atoms with Crippen molar-refractivity contribution in [2.75, 3.05) is 0 Å². The summed E-state index contributed by atoms with van der Waals surface area (Å²) in [5.41, 5.74) is 2.80. The van der Waals surface area contributed by atoms with E-state index in [1.807, 2.05) is 30.3 Å². The second-order valence-corrected chi connectivity index (χ2v) is 5.51. The van der Waals surface area contributed by atoms with Gasteiger partial charge in [-0.15, -0.1) is 21.5 Å². The van der Waals surface area contributed by atoms with Crippen molar-refractivity contribution in [2.45, 2.75) is 0 Å². The van der Waals surface area contributed by atoms with Gasteiger partial charge in [-0.1, -0.05) is 24.3 Å². The molecule has 2 N–H and O–H groups in total. The molecule has 0 radical (unpaired) electrons. The van der Waals surface area contributed by atoms with Crippen LogP contribution in [-0.2, 0) is 0 Å². The van der Waals surface area contributed by atoms with Gasteiger partial charge in [0.1, 0.15) is 10.8 Å². The van der Waals surface area contributed by atoms with Crippen LogP contribution in [0.5, 0.6) is 5.75 Å². The zero-order valence-corrected chi connectivity index (χ0v) is 11.5. The molecule has 102 valence electrons. The van der Waals surface area contributed by atoms with E-state index in [0.717, 1.165) is 26.4 Å². The summed E-state index contributed by atoms with van der Waals surface area (Å²) in [6, 6.07) is 13.0. The van der Waals surface area contributed by atoms with Crippen LogP contribution in [0.4, 0.5) is 0 Å². The Balaban J connectivity index is 1.74. The SMILES string of the molecule is Oc1ccc2nc(-c3ccc(-c4nn[nH]n4)cc3)sc2c1. The third-order valence-electron chi connectivity index (χ3n) is 3.11. The van der Waals surface area contributed by atoms with Crippen LogP contribution in [0.3, 0.4) is 0 Å². The Morgan fingerprint density at radius 2 is 1.81 bits per heavy atom. The van der Waals surface area contributed by atoms with E-state index < -0.39 is 0 Å². The summed E-state index contributed by atoms with van der Waals surface area (Å²) in [5.74, 6) is 0.820. The predicted molar refractivity (Wildman–Crippen MR) is 79.9 cm³/mol. The number of aromatic amines is 1. The molecule has 4 aromatic rings. The molecule has 0 aliphatic rings. The number of fused-ring (bicyclic) bond motifs is 1. The molecule has 21 heavy (non-hydrogen) atoms. The van der Waals surface area contributed by atoms with Crippen LogP contribution in [0.15, 0.2) is 42.5 Å². The highest BCUT2D eigenvalue weighted by Gasteiger charge is 2.08. The molecule has 0 bridgehead atoms. The molecule has 0 unspecified atom stereocenters. The van der Waals surface area contributed by atoms with Crippen LogP contribution in [0.2, 0.25) is 0 Å². The molecule has 0 saturated carbocycles. The first-order chi connectivity index (χ1) is 10.3. The van der Waals surface area contributed by atoms with Gasteiger partial charge in [0.25, 0.3) is 0 Å². The summed E-state index contributed by atoms with van der Waals surface area (Å²) in [5, 5.41) is 24.3. The summed E-state index contributed by atoms with van der Waals surface area (Å²) in [6.07, 6.45) is 0. The average molecular weight is 295 g/mol. The summed E-state index contributed by atoms with van der Waals surface area (Å²) < 4.78 is 0.965. The number of hydrogen-bond acceptors (Lipinski definition) is 6. The molecule has 4 rings (SSSR count). The minimum Gasteiger partial charge on any atom is -0.508 e. The van der Waals surface area contributed by atoms with Gasteiger partial charge in [-0.25, -0.2) is 4.98 Å². The fourth-order valence-electron chi connectivity index (χ4n) is 2.08. The molecule has 7 heteroatoms. The van der Waals surface area contributed by atoms with Crippen LogP contribution < -0.4 is 0 Å². The lowest BCUT2D eigenvalue weighted by Crippen LogP contribution is -1.82. The largest absolute Gasteiger partial charge is 0.508 e. The lowest BCUT2D eigenvalue weighted by molar-refractivity contribution is 0.476. The number of phenolic OH excluding ortho intramolecular Hbond substituents is 1. The van der Waals surface area contributed by atoms with Crippen LogP contribution in [0.25, 0.3) is 32.2 Å². The summed E-state index contributed by atoms with van der Waals surface area (Å²) in [6.45, 7) is 0. The van der Waals surface area contributed by atoms with Crippen LogP contribution in [0, 0.1) is 0 Å². The predicted octanol–water partition coefficient (Wildman–Crippen LogP) is 2.85. The van der Waals surface area contributed by atoms with Crippen molar-refractivity contribution in [2.24, 2.45) is 0 Å². The summed E-state index contributed by atoms with van der Waals surface area (Å²) >= 11 is 1.55. The van der Waals surface area contributed by atoms with Gasteiger partial charge in [0.15, 0.2) is 0 Å². The van der Waals surface area contributed by atoms with E-state index in [9.17, 15) is 5.11 Å². The molecule has 0 aliphatic heterocycles. The third kappa shape index (κ3) is 2.13. The lowest BCUT2D eigenvalue weighted by Gasteiger charge is -1.97. The maximum atomic E-state index is 9.51. The van der Waals surface area contributed by atoms with E-state index >= 15 is 0 Å². The van der Waals surface area contributed by atoms with Gasteiger partial charge in [0, 0.05) is 11.1 Å². The van der Waals surface area contributed by atoms with E-state index in [1.165, 1.54) is 0 Å². The molecule has 0 amide bonds. The number of rotatable bonds is 2. The molecule has 0 spiro atoms. The van der Waals surface area contributed by atoms with Gasteiger partial charge in [-0.3, -0.25) is 0 Å². The van der Waals surface area contributed by atoms with Crippen molar-refractivity contribution >= 4 is 21.6 Å². The Bertz CT molecular complexity index is 899. The zero-order valence-electron chi connectivity index (χ0n) is 10.7. The molecular formula is C14H9N5OS. The standard InChI is InChI=1S/C14H9N5OS/c20-10-5-6-11-12(7-10)21-14(15-11)9-3-1-8(2-4-9)13-16-18-19-17-13/h1-7,20H,(H,16,17,18,19). The van der Waals surface area contributed by atoms with E-state index in [1.54, 1.807) is 23.5 Å². The molecule has 0 aliphatic carbocycles. The van der Waals surface area contributed by atoms with Crippen LogP contribution in [-0.4, -0.2) is 30.7 Å². The highest BCUT2D eigenvalue weighted by atomic mass is 32.1. The first-order valence-corrected chi connectivity index (χ1v) is 7.05. The Morgan fingerprint density at radius 1 is 1.00 bits per heavy atom. The average Bonchev–Trinajstić information content (AvgIpc) is 3.16. The molecular weight excluding hydrogens is 286 g/mol.